The van der Waals surface area contributed by atoms with E-state index in [-0.39, 0.29) is 5.78 Å². The minimum absolute atomic E-state index is 0.0240. The van der Waals surface area contributed by atoms with Crippen LogP contribution in [0.1, 0.15) is 15.9 Å². The first-order chi connectivity index (χ1) is 11.8. The molecule has 0 unspecified atom stereocenters. The zero-order valence-electron chi connectivity index (χ0n) is 13.4. The van der Waals surface area contributed by atoms with Gasteiger partial charge in [0.25, 0.3) is 0 Å². The van der Waals surface area contributed by atoms with Gasteiger partial charge in [0.15, 0.2) is 5.78 Å². The van der Waals surface area contributed by atoms with Gasteiger partial charge in [0.2, 0.25) is 0 Å². The highest BCUT2D eigenvalue weighted by Crippen LogP contribution is 2.18. The Hall–Kier alpha value is -2.91. The molecule has 0 aliphatic carbocycles. The van der Waals surface area contributed by atoms with Crippen LogP contribution in [-0.2, 0) is 0 Å². The van der Waals surface area contributed by atoms with Crippen LogP contribution in [0.5, 0.6) is 0 Å². The molecule has 0 atom stereocenters. The van der Waals surface area contributed by atoms with Crippen molar-refractivity contribution in [1.82, 2.24) is 5.32 Å². The minimum Gasteiger partial charge on any atom is -0.383 e. The van der Waals surface area contributed by atoms with Crippen LogP contribution in [0.15, 0.2) is 78.9 Å². The van der Waals surface area contributed by atoms with Gasteiger partial charge >= 0.3 is 0 Å². The number of rotatable bonds is 6. The van der Waals surface area contributed by atoms with Gasteiger partial charge in [-0.2, -0.15) is 0 Å². The van der Waals surface area contributed by atoms with Crippen molar-refractivity contribution in [2.24, 2.45) is 5.73 Å². The molecular weight excluding hydrogens is 296 g/mol. The second kappa shape index (κ2) is 7.57. The standard InChI is InChI=1S/C21H20N2O/c22-12-13-23-20(17-7-2-1-3-8-17)15-21(24)19-11-10-16-6-4-5-9-18(16)14-19/h1-11,14-15,23H,12-13,22H2/b20-15-. The number of nitrogens with one attached hydrogen (secondary N) is 1. The van der Waals surface area contributed by atoms with Gasteiger partial charge in [-0.3, -0.25) is 4.79 Å². The van der Waals surface area contributed by atoms with Gasteiger partial charge < -0.3 is 11.1 Å². The van der Waals surface area contributed by atoms with Crippen LogP contribution in [0.25, 0.3) is 16.5 Å². The Morgan fingerprint density at radius 1 is 0.875 bits per heavy atom. The predicted octanol–water partition coefficient (Wildman–Crippen LogP) is 3.61. The summed E-state index contributed by atoms with van der Waals surface area (Å²) in [4.78, 5) is 12.7. The van der Waals surface area contributed by atoms with Crippen LogP contribution < -0.4 is 11.1 Å². The summed E-state index contributed by atoms with van der Waals surface area (Å²) in [7, 11) is 0. The summed E-state index contributed by atoms with van der Waals surface area (Å²) in [6.45, 7) is 1.13. The van der Waals surface area contributed by atoms with Crippen molar-refractivity contribution in [3.8, 4) is 0 Å². The van der Waals surface area contributed by atoms with Crippen molar-refractivity contribution in [2.45, 2.75) is 0 Å². The number of ketones is 1. The van der Waals surface area contributed by atoms with E-state index in [1.54, 1.807) is 6.08 Å². The topological polar surface area (TPSA) is 55.1 Å². The Balaban J connectivity index is 1.93. The molecule has 0 aliphatic heterocycles. The monoisotopic (exact) mass is 316 g/mol. The SMILES string of the molecule is NCCN/C(=C\C(=O)c1ccc2ccccc2c1)c1ccccc1. The molecule has 3 aromatic rings. The lowest BCUT2D eigenvalue weighted by Crippen LogP contribution is -2.21. The van der Waals surface area contributed by atoms with E-state index in [0.717, 1.165) is 22.0 Å². The number of carbonyl (C=O) groups is 1. The molecule has 3 heteroatoms. The highest BCUT2D eigenvalue weighted by Gasteiger charge is 2.07. The van der Waals surface area contributed by atoms with Gasteiger partial charge in [0.1, 0.15) is 0 Å². The summed E-state index contributed by atoms with van der Waals surface area (Å²) >= 11 is 0. The fourth-order valence-corrected chi connectivity index (χ4v) is 2.62. The molecule has 3 aromatic carbocycles. The van der Waals surface area contributed by atoms with E-state index in [1.807, 2.05) is 72.8 Å². The third-order valence-electron chi connectivity index (χ3n) is 3.85. The summed E-state index contributed by atoms with van der Waals surface area (Å²) in [6, 6.07) is 23.6. The molecule has 3 rings (SSSR count). The number of carbonyl (C=O) groups excluding carboxylic acids is 1. The highest BCUT2D eigenvalue weighted by atomic mass is 16.1. The zero-order valence-corrected chi connectivity index (χ0v) is 13.4. The molecular formula is C21H20N2O. The smallest absolute Gasteiger partial charge is 0.187 e. The molecule has 0 spiro atoms. The molecule has 0 fully saturated rings. The highest BCUT2D eigenvalue weighted by molar-refractivity contribution is 6.10. The van der Waals surface area contributed by atoms with Gasteiger partial charge in [-0.1, -0.05) is 66.7 Å². The molecule has 120 valence electrons. The summed E-state index contributed by atoms with van der Waals surface area (Å²) in [5.41, 5.74) is 8.03. The number of benzene rings is 3. The van der Waals surface area contributed by atoms with Crippen molar-refractivity contribution >= 4 is 22.3 Å². The number of hydrogen-bond donors (Lipinski definition) is 2. The Bertz CT molecular complexity index is 869. The average molecular weight is 316 g/mol. The lowest BCUT2D eigenvalue weighted by Gasteiger charge is -2.10. The summed E-state index contributed by atoms with van der Waals surface area (Å²) in [5.74, 6) is -0.0240. The normalized spacial score (nSPS) is 11.5. The molecule has 3 N–H and O–H groups in total. The van der Waals surface area contributed by atoms with E-state index in [4.69, 9.17) is 5.73 Å². The van der Waals surface area contributed by atoms with Gasteiger partial charge in [0.05, 0.1) is 0 Å². The Morgan fingerprint density at radius 3 is 2.33 bits per heavy atom. The number of nitrogens with two attached hydrogens (primary N) is 1. The second-order valence-electron chi connectivity index (χ2n) is 5.57. The van der Waals surface area contributed by atoms with Crippen molar-refractivity contribution < 1.29 is 4.79 Å². The third-order valence-corrected chi connectivity index (χ3v) is 3.85. The Morgan fingerprint density at radius 2 is 1.58 bits per heavy atom. The maximum Gasteiger partial charge on any atom is 0.187 e. The largest absolute Gasteiger partial charge is 0.383 e. The van der Waals surface area contributed by atoms with Crippen LogP contribution >= 0.6 is 0 Å². The summed E-state index contributed by atoms with van der Waals surface area (Å²) in [6.07, 6.45) is 1.65. The van der Waals surface area contributed by atoms with Gasteiger partial charge in [0, 0.05) is 30.4 Å². The van der Waals surface area contributed by atoms with Crippen LogP contribution in [0.2, 0.25) is 0 Å². The fraction of sp³-hybridized carbons (Fsp3) is 0.0952. The summed E-state index contributed by atoms with van der Waals surface area (Å²) < 4.78 is 0. The van der Waals surface area contributed by atoms with Gasteiger partial charge in [-0.25, -0.2) is 0 Å². The molecule has 3 nitrogen and oxygen atoms in total. The van der Waals surface area contributed by atoms with Crippen LogP contribution in [0, 0.1) is 0 Å². The van der Waals surface area contributed by atoms with Crippen molar-refractivity contribution in [2.75, 3.05) is 13.1 Å². The van der Waals surface area contributed by atoms with E-state index in [9.17, 15) is 4.79 Å². The van der Waals surface area contributed by atoms with E-state index in [0.29, 0.717) is 18.7 Å². The Labute approximate surface area is 141 Å². The fourth-order valence-electron chi connectivity index (χ4n) is 2.62. The van der Waals surface area contributed by atoms with Gasteiger partial charge in [-0.05, 0) is 22.4 Å². The van der Waals surface area contributed by atoms with E-state index in [2.05, 4.69) is 5.32 Å². The predicted molar refractivity (Wildman–Crippen MR) is 99.8 cm³/mol. The maximum atomic E-state index is 12.7. The molecule has 0 radical (unpaired) electrons. The first-order valence-electron chi connectivity index (χ1n) is 8.02. The van der Waals surface area contributed by atoms with Crippen molar-refractivity contribution in [1.29, 1.82) is 0 Å². The van der Waals surface area contributed by atoms with Crippen LogP contribution in [0.3, 0.4) is 0 Å². The molecule has 0 aromatic heterocycles. The summed E-state index contributed by atoms with van der Waals surface area (Å²) in [5, 5.41) is 5.43. The first-order valence-corrected chi connectivity index (χ1v) is 8.02. The molecule has 0 bridgehead atoms. The lowest BCUT2D eigenvalue weighted by molar-refractivity contribution is 0.104. The van der Waals surface area contributed by atoms with E-state index >= 15 is 0 Å². The number of fused-ring (bicyclic) bond motifs is 1. The number of allylic oxidation sites excluding steroid dienone is 1. The quantitative estimate of drug-likeness (QED) is 0.539. The van der Waals surface area contributed by atoms with E-state index < -0.39 is 0 Å². The third kappa shape index (κ3) is 3.70. The molecule has 0 saturated carbocycles. The molecule has 0 heterocycles. The minimum atomic E-state index is -0.0240. The lowest BCUT2D eigenvalue weighted by atomic mass is 10.0. The second-order valence-corrected chi connectivity index (χ2v) is 5.57. The van der Waals surface area contributed by atoms with Gasteiger partial charge in [-0.15, -0.1) is 0 Å². The van der Waals surface area contributed by atoms with Crippen molar-refractivity contribution in [3.63, 3.8) is 0 Å². The molecule has 0 amide bonds. The number of hydrogen-bond acceptors (Lipinski definition) is 3. The van der Waals surface area contributed by atoms with Crippen LogP contribution in [0.4, 0.5) is 0 Å². The van der Waals surface area contributed by atoms with Crippen molar-refractivity contribution in [3.05, 3.63) is 90.0 Å². The molecule has 0 saturated heterocycles. The molecule has 24 heavy (non-hydrogen) atoms. The first kappa shape index (κ1) is 16.0. The zero-order chi connectivity index (χ0) is 16.8. The Kier molecular flexibility index (Phi) is 5.04. The van der Waals surface area contributed by atoms with Crippen LogP contribution in [-0.4, -0.2) is 18.9 Å². The molecule has 0 aliphatic rings. The van der Waals surface area contributed by atoms with E-state index in [1.165, 1.54) is 0 Å². The average Bonchev–Trinajstić information content (AvgIpc) is 2.65. The maximum absolute atomic E-state index is 12.7.